The van der Waals surface area contributed by atoms with Gasteiger partial charge in [-0.3, -0.25) is 0 Å². The van der Waals surface area contributed by atoms with Gasteiger partial charge in [-0.25, -0.2) is 9.50 Å². The Morgan fingerprint density at radius 2 is 2.15 bits per heavy atom. The van der Waals surface area contributed by atoms with E-state index in [-0.39, 0.29) is 0 Å². The highest BCUT2D eigenvalue weighted by Crippen LogP contribution is 2.15. The fourth-order valence-corrected chi connectivity index (χ4v) is 1.55. The molecule has 0 fully saturated rings. The zero-order chi connectivity index (χ0) is 9.42. The van der Waals surface area contributed by atoms with Crippen molar-refractivity contribution in [2.24, 2.45) is 0 Å². The largest absolute Gasteiger partial charge is 0.212 e. The zero-order valence-electron chi connectivity index (χ0n) is 7.53. The fourth-order valence-electron chi connectivity index (χ4n) is 1.13. The van der Waals surface area contributed by atoms with E-state index in [1.54, 1.807) is 4.52 Å². The Morgan fingerprint density at radius 1 is 1.38 bits per heavy atom. The average molecular weight is 240 g/mol. The van der Waals surface area contributed by atoms with Crippen molar-refractivity contribution in [1.82, 2.24) is 14.6 Å². The summed E-state index contributed by atoms with van der Waals surface area (Å²) in [5.41, 5.74) is 0.887. The van der Waals surface area contributed by atoms with E-state index >= 15 is 0 Å². The van der Waals surface area contributed by atoms with Gasteiger partial charge in [-0.05, 0) is 28.1 Å². The molecule has 13 heavy (non-hydrogen) atoms. The van der Waals surface area contributed by atoms with E-state index < -0.39 is 0 Å². The molecule has 0 spiro atoms. The number of fused-ring (bicyclic) bond motifs is 1. The number of pyridine rings is 1. The molecule has 0 atom stereocenters. The van der Waals surface area contributed by atoms with E-state index in [1.165, 1.54) is 0 Å². The highest BCUT2D eigenvalue weighted by atomic mass is 79.9. The summed E-state index contributed by atoms with van der Waals surface area (Å²) in [5.74, 6) is 1.25. The molecule has 2 rings (SSSR count). The van der Waals surface area contributed by atoms with Gasteiger partial charge in [0.25, 0.3) is 0 Å². The Labute approximate surface area is 84.9 Å². The molecule has 2 aromatic rings. The molecule has 0 aliphatic heterocycles. The van der Waals surface area contributed by atoms with Gasteiger partial charge in [0, 0.05) is 5.92 Å². The zero-order valence-corrected chi connectivity index (χ0v) is 9.12. The Bertz CT molecular complexity index is 433. The molecule has 0 aromatic carbocycles. The van der Waals surface area contributed by atoms with Gasteiger partial charge in [0.05, 0.1) is 0 Å². The first-order valence-corrected chi connectivity index (χ1v) is 4.99. The molecule has 0 saturated carbocycles. The van der Waals surface area contributed by atoms with Crippen molar-refractivity contribution >= 4 is 21.6 Å². The minimum Gasteiger partial charge on any atom is -0.212 e. The van der Waals surface area contributed by atoms with Crippen LogP contribution in [0.4, 0.5) is 0 Å². The van der Waals surface area contributed by atoms with Crippen molar-refractivity contribution in [1.29, 1.82) is 0 Å². The van der Waals surface area contributed by atoms with Crippen LogP contribution >= 0.6 is 15.9 Å². The van der Waals surface area contributed by atoms with E-state index in [0.717, 1.165) is 16.1 Å². The number of hydrogen-bond donors (Lipinski definition) is 0. The molecule has 2 aromatic heterocycles. The highest BCUT2D eigenvalue weighted by Gasteiger charge is 2.07. The predicted octanol–water partition coefficient (Wildman–Crippen LogP) is 2.62. The first-order valence-electron chi connectivity index (χ1n) is 4.19. The first kappa shape index (κ1) is 8.69. The van der Waals surface area contributed by atoms with Crippen LogP contribution in [0.15, 0.2) is 22.8 Å². The van der Waals surface area contributed by atoms with Gasteiger partial charge in [-0.1, -0.05) is 19.9 Å². The second kappa shape index (κ2) is 3.10. The summed E-state index contributed by atoms with van der Waals surface area (Å²) in [5, 5.41) is 4.37. The third-order valence-electron chi connectivity index (χ3n) is 1.85. The number of nitrogens with zero attached hydrogens (tertiary/aromatic N) is 3. The lowest BCUT2D eigenvalue weighted by Gasteiger charge is -1.94. The maximum Gasteiger partial charge on any atom is 0.156 e. The fraction of sp³-hybridized carbons (Fsp3) is 0.333. The number of aromatic nitrogens is 3. The predicted molar refractivity (Wildman–Crippen MR) is 54.8 cm³/mol. The summed E-state index contributed by atoms with van der Waals surface area (Å²) < 4.78 is 2.74. The molecule has 0 aliphatic carbocycles. The van der Waals surface area contributed by atoms with E-state index in [4.69, 9.17) is 0 Å². The third kappa shape index (κ3) is 1.46. The van der Waals surface area contributed by atoms with Crippen LogP contribution < -0.4 is 0 Å². The minimum absolute atomic E-state index is 0.367. The van der Waals surface area contributed by atoms with Crippen molar-refractivity contribution in [3.8, 4) is 0 Å². The van der Waals surface area contributed by atoms with Gasteiger partial charge in [0.2, 0.25) is 0 Å². The van der Waals surface area contributed by atoms with E-state index in [1.807, 2.05) is 18.2 Å². The third-order valence-corrected chi connectivity index (χ3v) is 2.45. The van der Waals surface area contributed by atoms with Crippen molar-refractivity contribution < 1.29 is 0 Å². The van der Waals surface area contributed by atoms with Crippen LogP contribution in [0.3, 0.4) is 0 Å². The lowest BCUT2D eigenvalue weighted by Crippen LogP contribution is -1.92. The normalized spacial score (nSPS) is 11.4. The standard InChI is InChI=1S/C9H10BrN3/c1-6(2)9-11-8-5-3-4-7(10)13(8)12-9/h3-6H,1-2H3. The Hall–Kier alpha value is -0.900. The van der Waals surface area contributed by atoms with Gasteiger partial charge in [0.15, 0.2) is 11.5 Å². The Balaban J connectivity index is 2.68. The van der Waals surface area contributed by atoms with Crippen molar-refractivity contribution in [2.75, 3.05) is 0 Å². The molecule has 0 aliphatic rings. The van der Waals surface area contributed by atoms with Crippen LogP contribution in [0, 0.1) is 0 Å². The Kier molecular flexibility index (Phi) is 2.07. The molecule has 2 heterocycles. The van der Waals surface area contributed by atoms with Crippen LogP contribution in [-0.4, -0.2) is 14.6 Å². The molecule has 0 amide bonds. The maximum absolute atomic E-state index is 4.39. The smallest absolute Gasteiger partial charge is 0.156 e. The van der Waals surface area contributed by atoms with Crippen molar-refractivity contribution in [3.05, 3.63) is 28.6 Å². The van der Waals surface area contributed by atoms with Crippen LogP contribution in [0.5, 0.6) is 0 Å². The molecular formula is C9H10BrN3. The lowest BCUT2D eigenvalue weighted by atomic mass is 10.2. The van der Waals surface area contributed by atoms with Crippen molar-refractivity contribution in [3.63, 3.8) is 0 Å². The van der Waals surface area contributed by atoms with Crippen LogP contribution in [0.1, 0.15) is 25.6 Å². The summed E-state index contributed by atoms with van der Waals surface area (Å²) in [6.07, 6.45) is 0. The molecule has 68 valence electrons. The number of halogens is 1. The summed E-state index contributed by atoms with van der Waals surface area (Å²) in [7, 11) is 0. The van der Waals surface area contributed by atoms with Gasteiger partial charge >= 0.3 is 0 Å². The van der Waals surface area contributed by atoms with Crippen LogP contribution in [0.2, 0.25) is 0 Å². The molecule has 3 nitrogen and oxygen atoms in total. The molecule has 0 bridgehead atoms. The second-order valence-electron chi connectivity index (χ2n) is 3.24. The molecular weight excluding hydrogens is 230 g/mol. The molecule has 4 heteroatoms. The topological polar surface area (TPSA) is 30.2 Å². The maximum atomic E-state index is 4.39. The van der Waals surface area contributed by atoms with E-state index in [2.05, 4.69) is 39.9 Å². The summed E-state index contributed by atoms with van der Waals surface area (Å²) in [4.78, 5) is 4.39. The van der Waals surface area contributed by atoms with Gasteiger partial charge in [-0.15, -0.1) is 5.10 Å². The van der Waals surface area contributed by atoms with E-state index in [9.17, 15) is 0 Å². The van der Waals surface area contributed by atoms with E-state index in [0.29, 0.717) is 5.92 Å². The molecule has 0 unspecified atom stereocenters. The summed E-state index contributed by atoms with van der Waals surface area (Å²) in [6, 6.07) is 5.85. The van der Waals surface area contributed by atoms with Crippen molar-refractivity contribution in [2.45, 2.75) is 19.8 Å². The second-order valence-corrected chi connectivity index (χ2v) is 4.06. The number of hydrogen-bond acceptors (Lipinski definition) is 2. The highest BCUT2D eigenvalue weighted by molar-refractivity contribution is 9.10. The quantitative estimate of drug-likeness (QED) is 0.717. The molecule has 0 N–H and O–H groups in total. The monoisotopic (exact) mass is 239 g/mol. The van der Waals surface area contributed by atoms with Crippen LogP contribution in [-0.2, 0) is 0 Å². The number of rotatable bonds is 1. The first-order chi connectivity index (χ1) is 6.18. The minimum atomic E-state index is 0.367. The molecule has 0 radical (unpaired) electrons. The summed E-state index contributed by atoms with van der Waals surface area (Å²) >= 11 is 3.42. The van der Waals surface area contributed by atoms with Gasteiger partial charge < -0.3 is 0 Å². The van der Waals surface area contributed by atoms with Gasteiger partial charge in [0.1, 0.15) is 4.60 Å². The SMILES string of the molecule is CC(C)c1nc2cccc(Br)n2n1. The lowest BCUT2D eigenvalue weighted by molar-refractivity contribution is 0.761. The van der Waals surface area contributed by atoms with Gasteiger partial charge in [-0.2, -0.15) is 0 Å². The van der Waals surface area contributed by atoms with Crippen LogP contribution in [0.25, 0.3) is 5.65 Å². The average Bonchev–Trinajstić information content (AvgIpc) is 2.49. The summed E-state index contributed by atoms with van der Waals surface area (Å²) in [6.45, 7) is 4.17. The molecule has 0 saturated heterocycles. The Morgan fingerprint density at radius 3 is 2.77 bits per heavy atom.